The van der Waals surface area contributed by atoms with Crippen LogP contribution < -0.4 is 4.72 Å². The Balaban J connectivity index is 1.92. The van der Waals surface area contributed by atoms with Crippen LogP contribution in [0.1, 0.15) is 18.1 Å². The van der Waals surface area contributed by atoms with Crippen LogP contribution in [0.4, 0.5) is 5.69 Å². The Morgan fingerprint density at radius 1 is 1.16 bits per heavy atom. The molecule has 3 rings (SSSR count). The molecule has 1 aliphatic rings. The van der Waals surface area contributed by atoms with Gasteiger partial charge in [-0.2, -0.15) is 0 Å². The first kappa shape index (κ1) is 18.0. The molecule has 0 unspecified atom stereocenters. The lowest BCUT2D eigenvalue weighted by Gasteiger charge is -2.28. The van der Waals surface area contributed by atoms with E-state index in [0.29, 0.717) is 19.5 Å². The standard InChI is InChI=1S/C17H16Cl2N2O3S/c1-11(22)21-8-7-12-5-6-14(9-13(12)10-21)25(23,24)20-16-4-2-3-15(18)17(16)19/h2-6,9,20H,7-8,10H2,1H3. The molecule has 0 atom stereocenters. The van der Waals surface area contributed by atoms with Gasteiger partial charge in [0.25, 0.3) is 10.0 Å². The van der Waals surface area contributed by atoms with E-state index in [0.717, 1.165) is 11.1 Å². The number of rotatable bonds is 3. The van der Waals surface area contributed by atoms with E-state index in [1.165, 1.54) is 6.92 Å². The van der Waals surface area contributed by atoms with Crippen molar-refractivity contribution in [2.45, 2.75) is 24.8 Å². The second kappa shape index (κ2) is 6.86. The molecule has 0 fully saturated rings. The molecule has 0 saturated carbocycles. The Kier molecular flexibility index (Phi) is 4.95. The predicted molar refractivity (Wildman–Crippen MR) is 98.5 cm³/mol. The van der Waals surface area contributed by atoms with Gasteiger partial charge in [-0.15, -0.1) is 0 Å². The van der Waals surface area contributed by atoms with Gasteiger partial charge in [-0.3, -0.25) is 9.52 Å². The second-order valence-electron chi connectivity index (χ2n) is 5.83. The van der Waals surface area contributed by atoms with Crippen LogP contribution in [0.15, 0.2) is 41.3 Å². The molecule has 2 aromatic rings. The number of sulfonamides is 1. The SMILES string of the molecule is CC(=O)N1CCc2ccc(S(=O)(=O)Nc3cccc(Cl)c3Cl)cc2C1. The summed E-state index contributed by atoms with van der Waals surface area (Å²) in [7, 11) is -3.82. The highest BCUT2D eigenvalue weighted by atomic mass is 35.5. The van der Waals surface area contributed by atoms with E-state index >= 15 is 0 Å². The number of carbonyl (C=O) groups excluding carboxylic acids is 1. The van der Waals surface area contributed by atoms with E-state index in [1.54, 1.807) is 41.3 Å². The summed E-state index contributed by atoms with van der Waals surface area (Å²) >= 11 is 12.0. The smallest absolute Gasteiger partial charge is 0.261 e. The van der Waals surface area contributed by atoms with Gasteiger partial charge in [0.2, 0.25) is 5.91 Å². The van der Waals surface area contributed by atoms with E-state index in [4.69, 9.17) is 23.2 Å². The minimum atomic E-state index is -3.82. The van der Waals surface area contributed by atoms with E-state index in [-0.39, 0.29) is 26.5 Å². The summed E-state index contributed by atoms with van der Waals surface area (Å²) in [4.78, 5) is 13.4. The van der Waals surface area contributed by atoms with Gasteiger partial charge in [-0.05, 0) is 41.8 Å². The summed E-state index contributed by atoms with van der Waals surface area (Å²) in [5.74, 6) is -0.0252. The number of nitrogens with zero attached hydrogens (tertiary/aromatic N) is 1. The molecule has 8 heteroatoms. The van der Waals surface area contributed by atoms with Crippen LogP contribution in [-0.2, 0) is 27.8 Å². The number of anilines is 1. The van der Waals surface area contributed by atoms with Gasteiger partial charge in [0.05, 0.1) is 20.6 Å². The molecular formula is C17H16Cl2N2O3S. The zero-order chi connectivity index (χ0) is 18.2. The van der Waals surface area contributed by atoms with Crippen molar-refractivity contribution in [1.29, 1.82) is 0 Å². The second-order valence-corrected chi connectivity index (χ2v) is 8.30. The van der Waals surface area contributed by atoms with E-state index in [9.17, 15) is 13.2 Å². The van der Waals surface area contributed by atoms with E-state index < -0.39 is 10.0 Å². The molecule has 5 nitrogen and oxygen atoms in total. The number of carbonyl (C=O) groups is 1. The highest BCUT2D eigenvalue weighted by molar-refractivity contribution is 7.92. The highest BCUT2D eigenvalue weighted by Crippen LogP contribution is 2.31. The normalized spacial score (nSPS) is 14.1. The fourth-order valence-corrected chi connectivity index (χ4v) is 4.28. The predicted octanol–water partition coefficient (Wildman–Crippen LogP) is 3.70. The zero-order valence-electron chi connectivity index (χ0n) is 13.4. The summed E-state index contributed by atoms with van der Waals surface area (Å²) in [6.45, 7) is 2.56. The van der Waals surface area contributed by atoms with Gasteiger partial charge in [0, 0.05) is 20.0 Å². The number of benzene rings is 2. The van der Waals surface area contributed by atoms with Crippen molar-refractivity contribution < 1.29 is 13.2 Å². The molecule has 25 heavy (non-hydrogen) atoms. The van der Waals surface area contributed by atoms with Crippen LogP contribution in [0, 0.1) is 0 Å². The van der Waals surface area contributed by atoms with Crippen molar-refractivity contribution in [3.63, 3.8) is 0 Å². The molecule has 0 bridgehead atoms. The van der Waals surface area contributed by atoms with Crippen LogP contribution in [0.2, 0.25) is 10.0 Å². The maximum Gasteiger partial charge on any atom is 0.261 e. The molecule has 2 aromatic carbocycles. The number of amides is 1. The van der Waals surface area contributed by atoms with Gasteiger partial charge in [-0.25, -0.2) is 8.42 Å². The Morgan fingerprint density at radius 3 is 2.64 bits per heavy atom. The van der Waals surface area contributed by atoms with Crippen molar-refractivity contribution in [2.75, 3.05) is 11.3 Å². The first-order valence-electron chi connectivity index (χ1n) is 7.62. The molecule has 1 amide bonds. The lowest BCUT2D eigenvalue weighted by molar-refractivity contribution is -0.129. The molecule has 0 radical (unpaired) electrons. The summed E-state index contributed by atoms with van der Waals surface area (Å²) in [5, 5.41) is 0.415. The minimum Gasteiger partial charge on any atom is -0.338 e. The molecule has 0 aliphatic carbocycles. The average molecular weight is 399 g/mol. The van der Waals surface area contributed by atoms with Gasteiger partial charge in [0.15, 0.2) is 0 Å². The molecular weight excluding hydrogens is 383 g/mol. The van der Waals surface area contributed by atoms with Crippen molar-refractivity contribution in [2.24, 2.45) is 0 Å². The Morgan fingerprint density at radius 2 is 1.92 bits per heavy atom. The summed E-state index contributed by atoms with van der Waals surface area (Å²) < 4.78 is 27.8. The van der Waals surface area contributed by atoms with E-state index in [2.05, 4.69) is 4.72 Å². The molecule has 0 aromatic heterocycles. The number of halogens is 2. The van der Waals surface area contributed by atoms with Crippen molar-refractivity contribution in [3.8, 4) is 0 Å². The van der Waals surface area contributed by atoms with E-state index in [1.807, 2.05) is 0 Å². The van der Waals surface area contributed by atoms with Crippen LogP contribution in [0.25, 0.3) is 0 Å². The first-order valence-corrected chi connectivity index (χ1v) is 9.86. The van der Waals surface area contributed by atoms with Crippen LogP contribution >= 0.6 is 23.2 Å². The molecule has 132 valence electrons. The van der Waals surface area contributed by atoms with Crippen molar-refractivity contribution in [1.82, 2.24) is 4.90 Å². The molecule has 0 saturated heterocycles. The number of hydrogen-bond donors (Lipinski definition) is 1. The largest absolute Gasteiger partial charge is 0.338 e. The molecule has 0 spiro atoms. The van der Waals surface area contributed by atoms with Gasteiger partial charge in [-0.1, -0.05) is 35.3 Å². The zero-order valence-corrected chi connectivity index (χ0v) is 15.7. The van der Waals surface area contributed by atoms with Crippen molar-refractivity contribution >= 4 is 44.8 Å². The third-order valence-electron chi connectivity index (χ3n) is 4.14. The van der Waals surface area contributed by atoms with Crippen LogP contribution in [-0.4, -0.2) is 25.8 Å². The fraction of sp³-hybridized carbons (Fsp3) is 0.235. The first-order chi connectivity index (χ1) is 11.8. The minimum absolute atomic E-state index is 0.0252. The quantitative estimate of drug-likeness (QED) is 0.856. The van der Waals surface area contributed by atoms with Gasteiger partial charge < -0.3 is 4.90 Å². The molecule has 1 aliphatic heterocycles. The highest BCUT2D eigenvalue weighted by Gasteiger charge is 2.22. The van der Waals surface area contributed by atoms with Crippen LogP contribution in [0.3, 0.4) is 0 Å². The Bertz CT molecular complexity index is 945. The lowest BCUT2D eigenvalue weighted by atomic mass is 10.00. The maximum absolute atomic E-state index is 12.7. The number of hydrogen-bond acceptors (Lipinski definition) is 3. The van der Waals surface area contributed by atoms with Gasteiger partial charge in [0.1, 0.15) is 0 Å². The summed E-state index contributed by atoms with van der Waals surface area (Å²) in [6, 6.07) is 9.69. The molecule has 1 heterocycles. The van der Waals surface area contributed by atoms with Gasteiger partial charge >= 0.3 is 0 Å². The maximum atomic E-state index is 12.7. The van der Waals surface area contributed by atoms with Crippen LogP contribution in [0.5, 0.6) is 0 Å². The third-order valence-corrected chi connectivity index (χ3v) is 6.32. The lowest BCUT2D eigenvalue weighted by Crippen LogP contribution is -2.34. The number of nitrogens with one attached hydrogen (secondary N) is 1. The number of fused-ring (bicyclic) bond motifs is 1. The third kappa shape index (κ3) is 3.76. The monoisotopic (exact) mass is 398 g/mol. The fourth-order valence-electron chi connectivity index (χ4n) is 2.76. The Labute approximate surface area is 156 Å². The summed E-state index contributed by atoms with van der Waals surface area (Å²) in [6.07, 6.45) is 0.711. The van der Waals surface area contributed by atoms with Crippen molar-refractivity contribution in [3.05, 3.63) is 57.6 Å². The topological polar surface area (TPSA) is 66.5 Å². The average Bonchev–Trinajstić information content (AvgIpc) is 2.57. The summed E-state index contributed by atoms with van der Waals surface area (Å²) in [5.41, 5.74) is 2.11. The molecule has 1 N–H and O–H groups in total. The Hall–Kier alpha value is -1.76.